The predicted octanol–water partition coefficient (Wildman–Crippen LogP) is 0.429. The van der Waals surface area contributed by atoms with Crippen molar-refractivity contribution in [2.24, 2.45) is 20.0 Å². The van der Waals surface area contributed by atoms with Crippen LogP contribution in [0.15, 0.2) is 116 Å². The van der Waals surface area contributed by atoms with Crippen LogP contribution in [-0.2, 0) is 39.0 Å². The third kappa shape index (κ3) is 13.5. The van der Waals surface area contributed by atoms with E-state index in [1.54, 1.807) is 24.3 Å². The number of hydrogen-bond donors (Lipinski definition) is 4. The second-order valence-corrected chi connectivity index (χ2v) is 9.66. The number of nitrogens with zero attached hydrogens (tertiary/aromatic N) is 8. The summed E-state index contributed by atoms with van der Waals surface area (Å²) >= 11 is 0. The van der Waals surface area contributed by atoms with E-state index >= 15 is 0 Å². The molecule has 4 aromatic carbocycles. The van der Waals surface area contributed by atoms with Gasteiger partial charge in [0.25, 0.3) is 0 Å². The number of phenols is 4. The van der Waals surface area contributed by atoms with Gasteiger partial charge in [-0.05, 0) is 46.5 Å². The number of aliphatic imine (C=N–C) groups is 4. The zero-order valence-corrected chi connectivity index (χ0v) is 34.6. The van der Waals surface area contributed by atoms with Gasteiger partial charge in [0.1, 0.15) is 47.3 Å². The number of aromatic hydroxyl groups is 4. The second-order valence-electron chi connectivity index (χ2n) is 9.66. The molecule has 0 saturated heterocycles. The summed E-state index contributed by atoms with van der Waals surface area (Å²) in [6.45, 7) is 0. The van der Waals surface area contributed by atoms with Crippen LogP contribution < -0.4 is 20.4 Å². The van der Waals surface area contributed by atoms with Crippen LogP contribution >= 0.6 is 0 Å². The van der Waals surface area contributed by atoms with Crippen LogP contribution in [0.3, 0.4) is 0 Å². The summed E-state index contributed by atoms with van der Waals surface area (Å²) in [5.41, 5.74) is -1.47. The maximum absolute atomic E-state index is 11.7. The summed E-state index contributed by atoms with van der Waals surface area (Å²) in [5.74, 6) is -4.58. The first kappa shape index (κ1) is 50.7. The van der Waals surface area contributed by atoms with E-state index in [4.69, 9.17) is 21.0 Å². The number of phenolic OH excluding ortho intramolecular Hbond substituents is 4. The van der Waals surface area contributed by atoms with Gasteiger partial charge in [0.2, 0.25) is 0 Å². The molecule has 56 heavy (non-hydrogen) atoms. The minimum absolute atomic E-state index is 0. The fraction of sp³-hybridized carbons (Fsp3) is 0. The minimum Gasteiger partial charge on any atom is -0.870 e. The summed E-state index contributed by atoms with van der Waals surface area (Å²) in [6.07, 6.45) is 4.11. The molecule has 272 valence electrons. The van der Waals surface area contributed by atoms with Crippen molar-refractivity contribution in [2.75, 3.05) is 0 Å². The molecule has 0 aliphatic heterocycles. The Labute approximate surface area is 343 Å². The quantitative estimate of drug-likeness (QED) is 0.106. The number of allylic oxidation sites excluding steroid dienone is 4. The first-order valence-corrected chi connectivity index (χ1v) is 14.2. The Balaban J connectivity index is 0. The molecule has 4 aromatic rings. The molecule has 0 amide bonds. The van der Waals surface area contributed by atoms with Gasteiger partial charge in [-0.3, -0.25) is 0 Å². The van der Waals surface area contributed by atoms with Crippen molar-refractivity contribution in [1.82, 2.24) is 0 Å². The molecule has 4 rings (SSSR count). The van der Waals surface area contributed by atoms with Crippen LogP contribution in [0.1, 0.15) is 22.3 Å². The first-order valence-electron chi connectivity index (χ1n) is 14.2. The zero-order valence-electron chi connectivity index (χ0n) is 28.7. The fourth-order valence-corrected chi connectivity index (χ4v) is 3.68. The third-order valence-electron chi connectivity index (χ3n) is 6.30. The number of rotatable bonds is 8. The molecule has 0 fully saturated rings. The van der Waals surface area contributed by atoms with E-state index in [-0.39, 0.29) is 95.0 Å². The van der Waals surface area contributed by atoms with Crippen molar-refractivity contribution in [3.8, 4) is 70.3 Å². The molecule has 0 radical (unpaired) electrons. The number of benzene rings is 4. The molecular weight excluding hydrogens is 835 g/mol. The number of nitriles is 4. The Morgan fingerprint density at radius 2 is 0.589 bits per heavy atom. The van der Waals surface area contributed by atoms with Crippen LogP contribution in [0.5, 0.6) is 46.0 Å². The molecule has 8 N–H and O–H groups in total. The molecule has 0 spiro atoms. The van der Waals surface area contributed by atoms with Crippen LogP contribution in [-0.4, -0.2) is 56.2 Å². The summed E-state index contributed by atoms with van der Waals surface area (Å²) in [5, 5.41) is 121. The fourth-order valence-electron chi connectivity index (χ4n) is 3.68. The van der Waals surface area contributed by atoms with Gasteiger partial charge in [0.15, 0.2) is 22.8 Å². The smallest absolute Gasteiger partial charge is 0.870 e. The summed E-state index contributed by atoms with van der Waals surface area (Å²) < 4.78 is 0. The molecule has 0 unspecified atom stereocenters. The SMILES string of the molecule is N#C/C(N=Cc1cccc(O)c1[O-])=C(\C#N)N=Cc1cccc(O)c1[O-].N#C/C(N=Cc1cccc(O)c1[O-])=C(\C#N)N=Cc1cccc(O)c1[O-].O.O.[Zn+2].[Zn+2]. The van der Waals surface area contributed by atoms with Crippen molar-refractivity contribution >= 4 is 24.9 Å². The van der Waals surface area contributed by atoms with Crippen LogP contribution in [0, 0.1) is 45.3 Å². The molecule has 0 heterocycles. The van der Waals surface area contributed by atoms with E-state index in [0.29, 0.717) is 0 Å². The molecule has 0 bridgehead atoms. The van der Waals surface area contributed by atoms with E-state index in [0.717, 1.165) is 24.9 Å². The van der Waals surface area contributed by atoms with Crippen molar-refractivity contribution in [1.29, 1.82) is 21.0 Å². The van der Waals surface area contributed by atoms with Gasteiger partial charge < -0.3 is 51.8 Å². The molecule has 18 nitrogen and oxygen atoms in total. The van der Waals surface area contributed by atoms with Gasteiger partial charge in [-0.2, -0.15) is 21.0 Å². The van der Waals surface area contributed by atoms with Crippen molar-refractivity contribution in [3.05, 3.63) is 118 Å². The van der Waals surface area contributed by atoms with Gasteiger partial charge in [0, 0.05) is 24.9 Å². The van der Waals surface area contributed by atoms with Crippen molar-refractivity contribution in [3.63, 3.8) is 0 Å². The van der Waals surface area contributed by atoms with E-state index in [2.05, 4.69) is 20.0 Å². The average molecular weight is 859 g/mol. The maximum atomic E-state index is 11.7. The minimum atomic E-state index is -0.675. The molecule has 20 heteroatoms. The van der Waals surface area contributed by atoms with Crippen LogP contribution in [0.2, 0.25) is 0 Å². The first-order chi connectivity index (χ1) is 24.9. The largest absolute Gasteiger partial charge is 2.00 e. The van der Waals surface area contributed by atoms with E-state index in [9.17, 15) is 40.9 Å². The number of hydrogen-bond acceptors (Lipinski definition) is 16. The Morgan fingerprint density at radius 1 is 0.411 bits per heavy atom. The summed E-state index contributed by atoms with van der Waals surface area (Å²) in [6, 6.07) is 22.8. The van der Waals surface area contributed by atoms with Gasteiger partial charge >= 0.3 is 39.0 Å². The Kier molecular flexibility index (Phi) is 22.4. The molecule has 0 aliphatic carbocycles. The summed E-state index contributed by atoms with van der Waals surface area (Å²) in [7, 11) is 0. The second kappa shape index (κ2) is 24.7. The Morgan fingerprint density at radius 3 is 0.750 bits per heavy atom. The van der Waals surface area contributed by atoms with Gasteiger partial charge in [0.05, 0.1) is 0 Å². The molecule has 0 saturated carbocycles. The Bertz CT molecular complexity index is 2040. The van der Waals surface area contributed by atoms with Gasteiger partial charge in [-0.15, -0.1) is 0 Å². The van der Waals surface area contributed by atoms with E-state index in [1.807, 2.05) is 0 Å². The van der Waals surface area contributed by atoms with Gasteiger partial charge in [-0.25, -0.2) is 20.0 Å². The monoisotopic (exact) mass is 856 g/mol. The summed E-state index contributed by atoms with van der Waals surface area (Å²) in [4.78, 5) is 15.0. The zero-order chi connectivity index (χ0) is 38.2. The van der Waals surface area contributed by atoms with Crippen molar-refractivity contribution in [2.45, 2.75) is 0 Å². The Hall–Kier alpha value is -7.43. The van der Waals surface area contributed by atoms with E-state index < -0.39 is 46.0 Å². The predicted molar refractivity (Wildman–Crippen MR) is 184 cm³/mol. The number of para-hydroxylation sites is 4. The molecule has 0 aliphatic rings. The topological polar surface area (TPSA) is 381 Å². The normalized spacial score (nSPS) is 11.1. The maximum Gasteiger partial charge on any atom is 2.00 e. The molecule has 0 aromatic heterocycles. The third-order valence-corrected chi connectivity index (χ3v) is 6.30. The molecule has 0 atom stereocenters. The average Bonchev–Trinajstić information content (AvgIpc) is 3.14. The van der Waals surface area contributed by atoms with Crippen molar-refractivity contribution < 1.29 is 90.8 Å². The molecular formula is C36H24N8O10Zn2. The van der Waals surface area contributed by atoms with Crippen LogP contribution in [0.25, 0.3) is 0 Å². The van der Waals surface area contributed by atoms with E-state index in [1.165, 1.54) is 72.8 Å². The van der Waals surface area contributed by atoms with Gasteiger partial charge in [-0.1, -0.05) is 71.5 Å². The standard InChI is InChI=1S/2C18H12N4O4.2H2O.2Zn/c2*19-7-13(21-9-11-3-1-5-15(23)17(11)25)14(8-20)22-10-12-4-2-6-16(24)18(12)26;;;;/h2*1-6,9-10,23-26H;2*1H2;;/q;;;;2*+2/p-4/b2*14-13-,21-9?,22-10?;;;;. The van der Waals surface area contributed by atoms with Crippen LogP contribution in [0.4, 0.5) is 0 Å².